The molecule has 0 heterocycles. The lowest BCUT2D eigenvalue weighted by atomic mass is 9.79. The van der Waals surface area contributed by atoms with Crippen LogP contribution in [-0.4, -0.2) is 28.4 Å². The normalized spacial score (nSPS) is 24.5. The molecule has 2 rings (SSSR count). The largest absolute Gasteiger partial charge is 0.446 e. The zero-order chi connectivity index (χ0) is 18.0. The summed E-state index contributed by atoms with van der Waals surface area (Å²) in [4.78, 5) is 11.8. The Morgan fingerprint density at radius 3 is 2.62 bits per heavy atom. The van der Waals surface area contributed by atoms with Crippen LogP contribution in [0.4, 0.5) is 9.18 Å². The van der Waals surface area contributed by atoms with E-state index in [1.807, 2.05) is 20.8 Å². The lowest BCUT2D eigenvalue weighted by Gasteiger charge is -2.36. The van der Waals surface area contributed by atoms with E-state index in [-0.39, 0.29) is 23.9 Å². The summed E-state index contributed by atoms with van der Waals surface area (Å²) >= 11 is 5.90. The van der Waals surface area contributed by atoms with Crippen LogP contribution in [-0.2, 0) is 11.2 Å². The summed E-state index contributed by atoms with van der Waals surface area (Å²) < 4.78 is 19.3. The van der Waals surface area contributed by atoms with Gasteiger partial charge in [-0.1, -0.05) is 11.6 Å². The van der Waals surface area contributed by atoms with Crippen LogP contribution in [0, 0.1) is 5.82 Å². The highest BCUT2D eigenvalue weighted by Crippen LogP contribution is 2.34. The molecule has 0 saturated heterocycles. The monoisotopic (exact) mass is 357 g/mol. The summed E-state index contributed by atoms with van der Waals surface area (Å²) in [6, 6.07) is 4.35. The number of rotatable bonds is 3. The fourth-order valence-electron chi connectivity index (χ4n) is 2.94. The first kappa shape index (κ1) is 19.0. The molecule has 0 aliphatic heterocycles. The molecule has 6 heteroatoms. The number of nitrogens with one attached hydrogen (secondary N) is 1. The van der Waals surface area contributed by atoms with Crippen LogP contribution in [0.1, 0.15) is 52.0 Å². The van der Waals surface area contributed by atoms with E-state index < -0.39 is 11.7 Å². The summed E-state index contributed by atoms with van der Waals surface area (Å²) in [7, 11) is 0. The minimum atomic E-state index is -0.994. The number of halogens is 2. The van der Waals surface area contributed by atoms with Crippen molar-refractivity contribution in [2.45, 2.75) is 70.1 Å². The first-order chi connectivity index (χ1) is 11.1. The first-order valence-corrected chi connectivity index (χ1v) is 8.59. The van der Waals surface area contributed by atoms with Gasteiger partial charge in [-0.05, 0) is 70.2 Å². The summed E-state index contributed by atoms with van der Waals surface area (Å²) in [5.41, 5.74) is -0.933. The molecule has 2 N–H and O–H groups in total. The molecule has 134 valence electrons. The number of aliphatic hydroxyl groups is 1. The van der Waals surface area contributed by atoms with Gasteiger partial charge in [0.2, 0.25) is 0 Å². The standard InChI is InChI=1S/C18H25ClFNO3/c1-17(2,3)21-16(22)24-14-6-8-18(23,9-7-14)11-12-10-13(19)4-5-15(12)20/h4-5,10,14,23H,6-9,11H2,1-3H3,(H,21,22). The molecular formula is C18H25ClFNO3. The number of ether oxygens (including phenoxy) is 1. The molecule has 1 saturated carbocycles. The molecule has 1 aromatic carbocycles. The smallest absolute Gasteiger partial charge is 0.407 e. The van der Waals surface area contributed by atoms with Gasteiger partial charge in [-0.15, -0.1) is 0 Å². The van der Waals surface area contributed by atoms with Gasteiger partial charge in [-0.3, -0.25) is 0 Å². The number of benzene rings is 1. The third-order valence-corrected chi connectivity index (χ3v) is 4.38. The van der Waals surface area contributed by atoms with Gasteiger partial charge in [0.1, 0.15) is 11.9 Å². The number of alkyl carbamates (subject to hydrolysis) is 1. The molecule has 1 aromatic rings. The van der Waals surface area contributed by atoms with Crippen LogP contribution in [0.2, 0.25) is 5.02 Å². The fourth-order valence-corrected chi connectivity index (χ4v) is 3.14. The van der Waals surface area contributed by atoms with Gasteiger partial charge in [0.15, 0.2) is 0 Å². The highest BCUT2D eigenvalue weighted by Gasteiger charge is 2.35. The van der Waals surface area contributed by atoms with Crippen molar-refractivity contribution < 1.29 is 19.0 Å². The fraction of sp³-hybridized carbons (Fsp3) is 0.611. The minimum Gasteiger partial charge on any atom is -0.446 e. The number of carbonyl (C=O) groups is 1. The SMILES string of the molecule is CC(C)(C)NC(=O)OC1CCC(O)(Cc2cc(Cl)ccc2F)CC1. The average molecular weight is 358 g/mol. The van der Waals surface area contributed by atoms with E-state index in [1.165, 1.54) is 12.1 Å². The Balaban J connectivity index is 1.89. The number of hydrogen-bond acceptors (Lipinski definition) is 3. The average Bonchev–Trinajstić information content (AvgIpc) is 2.44. The van der Waals surface area contributed by atoms with E-state index in [9.17, 15) is 14.3 Å². The Morgan fingerprint density at radius 1 is 1.42 bits per heavy atom. The third kappa shape index (κ3) is 5.64. The predicted octanol–water partition coefficient (Wildman–Crippen LogP) is 4.22. The summed E-state index contributed by atoms with van der Waals surface area (Å²) in [6.07, 6.45) is 1.54. The van der Waals surface area contributed by atoms with Crippen LogP contribution in [0.3, 0.4) is 0 Å². The first-order valence-electron chi connectivity index (χ1n) is 8.21. The Kier molecular flexibility index (Phi) is 5.76. The van der Waals surface area contributed by atoms with Crippen LogP contribution in [0.5, 0.6) is 0 Å². The van der Waals surface area contributed by atoms with Crippen LogP contribution in [0.25, 0.3) is 0 Å². The molecule has 1 fully saturated rings. The quantitative estimate of drug-likeness (QED) is 0.851. The maximum absolute atomic E-state index is 13.9. The van der Waals surface area contributed by atoms with E-state index in [1.54, 1.807) is 6.07 Å². The molecule has 0 atom stereocenters. The van der Waals surface area contributed by atoms with Gasteiger partial charge in [0, 0.05) is 17.0 Å². The number of hydrogen-bond donors (Lipinski definition) is 2. The predicted molar refractivity (Wildman–Crippen MR) is 91.7 cm³/mol. The maximum Gasteiger partial charge on any atom is 0.407 e. The molecule has 0 unspecified atom stereocenters. The molecule has 24 heavy (non-hydrogen) atoms. The third-order valence-electron chi connectivity index (χ3n) is 4.14. The second-order valence-corrected chi connectivity index (χ2v) is 8.05. The Hall–Kier alpha value is -1.33. The van der Waals surface area contributed by atoms with Gasteiger partial charge < -0.3 is 15.2 Å². The summed E-state index contributed by atoms with van der Waals surface area (Å²) in [6.45, 7) is 5.65. The Morgan fingerprint density at radius 2 is 2.04 bits per heavy atom. The van der Waals surface area contributed by atoms with Gasteiger partial charge in [0.05, 0.1) is 5.60 Å². The van der Waals surface area contributed by atoms with Gasteiger partial charge >= 0.3 is 6.09 Å². The highest BCUT2D eigenvalue weighted by molar-refractivity contribution is 6.30. The van der Waals surface area contributed by atoms with Crippen molar-refractivity contribution in [1.29, 1.82) is 0 Å². The van der Waals surface area contributed by atoms with Crippen molar-refractivity contribution in [2.24, 2.45) is 0 Å². The molecule has 1 aliphatic carbocycles. The van der Waals surface area contributed by atoms with Crippen LogP contribution in [0.15, 0.2) is 18.2 Å². The molecule has 0 spiro atoms. The molecule has 1 amide bonds. The van der Waals surface area contributed by atoms with E-state index in [0.29, 0.717) is 36.3 Å². The van der Waals surface area contributed by atoms with Crippen molar-refractivity contribution in [3.05, 3.63) is 34.6 Å². The summed E-state index contributed by atoms with van der Waals surface area (Å²) in [5, 5.41) is 13.9. The molecular weight excluding hydrogens is 333 g/mol. The zero-order valence-electron chi connectivity index (χ0n) is 14.4. The van der Waals surface area contributed by atoms with Crippen molar-refractivity contribution in [1.82, 2.24) is 5.32 Å². The second kappa shape index (κ2) is 7.28. The van der Waals surface area contributed by atoms with Crippen LogP contribution >= 0.6 is 11.6 Å². The Bertz CT molecular complexity index is 592. The lowest BCUT2D eigenvalue weighted by molar-refractivity contribution is -0.0367. The molecule has 0 aromatic heterocycles. The summed E-state index contributed by atoms with van der Waals surface area (Å²) in [5.74, 6) is -0.365. The van der Waals surface area contributed by atoms with E-state index in [0.717, 1.165) is 0 Å². The minimum absolute atomic E-state index is 0.209. The zero-order valence-corrected chi connectivity index (χ0v) is 15.1. The Labute approximate surface area is 147 Å². The van der Waals surface area contributed by atoms with Gasteiger partial charge in [0.25, 0.3) is 0 Å². The number of amides is 1. The van der Waals surface area contributed by atoms with E-state index >= 15 is 0 Å². The topological polar surface area (TPSA) is 58.6 Å². The van der Waals surface area contributed by atoms with E-state index in [4.69, 9.17) is 16.3 Å². The van der Waals surface area contributed by atoms with Gasteiger partial charge in [-0.2, -0.15) is 0 Å². The van der Waals surface area contributed by atoms with Crippen molar-refractivity contribution in [3.63, 3.8) is 0 Å². The maximum atomic E-state index is 13.9. The van der Waals surface area contributed by atoms with Gasteiger partial charge in [-0.25, -0.2) is 9.18 Å². The second-order valence-electron chi connectivity index (χ2n) is 7.62. The number of carbonyl (C=O) groups excluding carboxylic acids is 1. The molecule has 0 bridgehead atoms. The van der Waals surface area contributed by atoms with Crippen molar-refractivity contribution >= 4 is 17.7 Å². The molecule has 1 aliphatic rings. The van der Waals surface area contributed by atoms with Crippen molar-refractivity contribution in [2.75, 3.05) is 0 Å². The highest BCUT2D eigenvalue weighted by atomic mass is 35.5. The lowest BCUT2D eigenvalue weighted by Crippen LogP contribution is -2.44. The van der Waals surface area contributed by atoms with E-state index in [2.05, 4.69) is 5.32 Å². The molecule has 0 radical (unpaired) electrons. The van der Waals surface area contributed by atoms with Crippen molar-refractivity contribution in [3.8, 4) is 0 Å². The molecule has 4 nitrogen and oxygen atoms in total. The van der Waals surface area contributed by atoms with Crippen LogP contribution < -0.4 is 5.32 Å².